The van der Waals surface area contributed by atoms with Crippen LogP contribution < -0.4 is 10.9 Å². The molecule has 0 aromatic carbocycles. The first-order valence-corrected chi connectivity index (χ1v) is 12.5. The average Bonchev–Trinajstić information content (AvgIpc) is 3.08. The van der Waals surface area contributed by atoms with Gasteiger partial charge in [0.2, 0.25) is 0 Å². The molecule has 1 amide bonds. The van der Waals surface area contributed by atoms with Gasteiger partial charge in [-0.3, -0.25) is 23.8 Å². The van der Waals surface area contributed by atoms with Crippen molar-refractivity contribution in [3.63, 3.8) is 0 Å². The van der Waals surface area contributed by atoms with Crippen LogP contribution in [0.1, 0.15) is 30.9 Å². The monoisotopic (exact) mass is 487 g/mol. The molecule has 0 unspecified atom stereocenters. The highest BCUT2D eigenvalue weighted by Crippen LogP contribution is 2.33. The van der Waals surface area contributed by atoms with Crippen LogP contribution in [0.4, 0.5) is 5.82 Å². The molecule has 0 spiro atoms. The molecule has 2 aromatic heterocycles. The number of hydrogen-bond acceptors (Lipinski definition) is 8. The average molecular weight is 488 g/mol. The number of aryl methyl sites for hydroxylation is 1. The Labute approximate surface area is 203 Å². The first-order chi connectivity index (χ1) is 16.0. The number of pyridine rings is 1. The van der Waals surface area contributed by atoms with Crippen LogP contribution in [-0.4, -0.2) is 75.3 Å². The minimum atomic E-state index is -0.208. The van der Waals surface area contributed by atoms with Gasteiger partial charge in [0.05, 0.1) is 23.7 Å². The number of ether oxygens (including phenoxy) is 1. The quantitative estimate of drug-likeness (QED) is 0.346. The van der Waals surface area contributed by atoms with E-state index in [-0.39, 0.29) is 11.5 Å². The van der Waals surface area contributed by atoms with E-state index in [1.54, 1.807) is 17.2 Å². The Morgan fingerprint density at radius 1 is 1.27 bits per heavy atom. The zero-order valence-electron chi connectivity index (χ0n) is 19.0. The first kappa shape index (κ1) is 23.9. The number of hydrogen-bond donors (Lipinski definition) is 1. The van der Waals surface area contributed by atoms with E-state index in [9.17, 15) is 9.59 Å². The molecule has 4 rings (SSSR count). The molecule has 4 heterocycles. The summed E-state index contributed by atoms with van der Waals surface area (Å²) in [6, 6.07) is 3.75. The lowest BCUT2D eigenvalue weighted by molar-refractivity contribution is -0.122. The van der Waals surface area contributed by atoms with Crippen LogP contribution in [0.25, 0.3) is 11.7 Å². The molecule has 2 fully saturated rings. The molecule has 0 bridgehead atoms. The summed E-state index contributed by atoms with van der Waals surface area (Å²) >= 11 is 6.62. The third kappa shape index (κ3) is 5.29. The van der Waals surface area contributed by atoms with Crippen molar-refractivity contribution in [2.24, 2.45) is 0 Å². The third-order valence-electron chi connectivity index (χ3n) is 5.73. The number of carbonyl (C=O) groups is 1. The number of amides is 1. The molecule has 33 heavy (non-hydrogen) atoms. The van der Waals surface area contributed by atoms with Crippen LogP contribution >= 0.6 is 24.0 Å². The van der Waals surface area contributed by atoms with Crippen molar-refractivity contribution >= 4 is 51.7 Å². The van der Waals surface area contributed by atoms with E-state index in [0.29, 0.717) is 39.3 Å². The molecule has 0 saturated carbocycles. The van der Waals surface area contributed by atoms with E-state index in [4.69, 9.17) is 21.9 Å². The van der Waals surface area contributed by atoms with Crippen molar-refractivity contribution < 1.29 is 9.53 Å². The molecule has 0 atom stereocenters. The van der Waals surface area contributed by atoms with Crippen LogP contribution in [0.15, 0.2) is 28.0 Å². The van der Waals surface area contributed by atoms with Crippen molar-refractivity contribution in [3.05, 3.63) is 44.7 Å². The molecule has 2 aliphatic heterocycles. The second-order valence-electron chi connectivity index (χ2n) is 8.13. The molecule has 2 saturated heterocycles. The van der Waals surface area contributed by atoms with Crippen LogP contribution in [0.5, 0.6) is 0 Å². The van der Waals surface area contributed by atoms with Crippen LogP contribution in [0.2, 0.25) is 0 Å². The van der Waals surface area contributed by atoms with Gasteiger partial charge in [-0.1, -0.05) is 37.0 Å². The molecule has 1 N–H and O–H groups in total. The van der Waals surface area contributed by atoms with Crippen molar-refractivity contribution in [2.75, 3.05) is 51.3 Å². The highest BCUT2D eigenvalue weighted by molar-refractivity contribution is 8.26. The molecular formula is C23H29N5O3S2. The number of nitrogens with zero attached hydrogens (tertiary/aromatic N) is 4. The van der Waals surface area contributed by atoms with Gasteiger partial charge in [0.25, 0.3) is 11.5 Å². The molecule has 0 radical (unpaired) electrons. The summed E-state index contributed by atoms with van der Waals surface area (Å²) in [5.74, 6) is 0.343. The highest BCUT2D eigenvalue weighted by Gasteiger charge is 2.32. The summed E-state index contributed by atoms with van der Waals surface area (Å²) < 4.78 is 7.47. The van der Waals surface area contributed by atoms with Gasteiger partial charge in [-0.25, -0.2) is 4.98 Å². The van der Waals surface area contributed by atoms with Gasteiger partial charge in [-0.05, 0) is 44.0 Å². The van der Waals surface area contributed by atoms with E-state index in [0.717, 1.165) is 51.3 Å². The molecular weight excluding hydrogens is 458 g/mol. The SMILES string of the molecule is CCCN1C(=O)/C(=C\c2c(NCCCN3CCOCC3)nc3c(C)cccn3c2=O)SC1=S. The Bertz CT molecular complexity index is 1140. The maximum absolute atomic E-state index is 13.4. The smallest absolute Gasteiger partial charge is 0.267 e. The van der Waals surface area contributed by atoms with Crippen molar-refractivity contribution in [3.8, 4) is 0 Å². The van der Waals surface area contributed by atoms with E-state index >= 15 is 0 Å². The summed E-state index contributed by atoms with van der Waals surface area (Å²) in [7, 11) is 0. The van der Waals surface area contributed by atoms with Crippen LogP contribution in [-0.2, 0) is 9.53 Å². The molecule has 2 aliphatic rings. The molecule has 176 valence electrons. The maximum Gasteiger partial charge on any atom is 0.267 e. The largest absolute Gasteiger partial charge is 0.379 e. The Morgan fingerprint density at radius 3 is 2.82 bits per heavy atom. The number of thiocarbonyl (C=S) groups is 1. The van der Waals surface area contributed by atoms with Gasteiger partial charge in [-0.15, -0.1) is 0 Å². The number of morpholine rings is 1. The number of thioether (sulfide) groups is 1. The fourth-order valence-corrected chi connectivity index (χ4v) is 5.25. The van der Waals surface area contributed by atoms with Crippen molar-refractivity contribution in [2.45, 2.75) is 26.7 Å². The number of anilines is 1. The molecule has 10 heteroatoms. The lowest BCUT2D eigenvalue weighted by Crippen LogP contribution is -2.37. The number of carbonyl (C=O) groups excluding carboxylic acids is 1. The van der Waals surface area contributed by atoms with E-state index in [1.165, 1.54) is 16.2 Å². The lowest BCUT2D eigenvalue weighted by Gasteiger charge is -2.26. The van der Waals surface area contributed by atoms with E-state index in [1.807, 2.05) is 26.0 Å². The number of rotatable bonds is 8. The third-order valence-corrected chi connectivity index (χ3v) is 7.11. The predicted octanol–water partition coefficient (Wildman–Crippen LogP) is 2.75. The minimum absolute atomic E-state index is 0.154. The van der Waals surface area contributed by atoms with Gasteiger partial charge in [0.1, 0.15) is 15.8 Å². The molecule has 0 aliphatic carbocycles. The highest BCUT2D eigenvalue weighted by atomic mass is 32.2. The van der Waals surface area contributed by atoms with Gasteiger partial charge in [0, 0.05) is 32.4 Å². The zero-order chi connectivity index (χ0) is 23.4. The van der Waals surface area contributed by atoms with Crippen LogP contribution in [0, 0.1) is 6.92 Å². The van der Waals surface area contributed by atoms with Crippen molar-refractivity contribution in [1.29, 1.82) is 0 Å². The van der Waals surface area contributed by atoms with Gasteiger partial charge in [0.15, 0.2) is 0 Å². The second-order valence-corrected chi connectivity index (χ2v) is 9.81. The van der Waals surface area contributed by atoms with Gasteiger partial charge < -0.3 is 10.1 Å². The number of aromatic nitrogens is 2. The van der Waals surface area contributed by atoms with E-state index < -0.39 is 0 Å². The summed E-state index contributed by atoms with van der Waals surface area (Å²) in [4.78, 5) is 35.5. The normalized spacial score (nSPS) is 18.6. The summed E-state index contributed by atoms with van der Waals surface area (Å²) in [5, 5.41) is 3.36. The topological polar surface area (TPSA) is 79.2 Å². The Morgan fingerprint density at radius 2 is 2.06 bits per heavy atom. The Kier molecular flexibility index (Phi) is 7.79. The molecule has 2 aromatic rings. The second kappa shape index (κ2) is 10.8. The minimum Gasteiger partial charge on any atom is -0.379 e. The fraction of sp³-hybridized carbons (Fsp3) is 0.478. The van der Waals surface area contributed by atoms with Gasteiger partial charge in [-0.2, -0.15) is 0 Å². The number of fused-ring (bicyclic) bond motifs is 1. The predicted molar refractivity (Wildman–Crippen MR) is 137 cm³/mol. The summed E-state index contributed by atoms with van der Waals surface area (Å²) in [6.45, 7) is 9.56. The standard InChI is InChI=1S/C23H29N5O3S2/c1-3-8-28-22(30)18(33-23(28)32)15-17-19(24-7-5-9-26-11-13-31-14-12-26)25-20-16(2)6-4-10-27(20)21(17)29/h4,6,10,15,24H,3,5,7-9,11-14H2,1-2H3/b18-15+. The van der Waals surface area contributed by atoms with Crippen LogP contribution in [0.3, 0.4) is 0 Å². The number of nitrogens with one attached hydrogen (secondary N) is 1. The molecule has 8 nitrogen and oxygen atoms in total. The van der Waals surface area contributed by atoms with Crippen molar-refractivity contribution in [1.82, 2.24) is 19.2 Å². The Hall–Kier alpha value is -2.27. The van der Waals surface area contributed by atoms with Gasteiger partial charge >= 0.3 is 0 Å². The fourth-order valence-electron chi connectivity index (χ4n) is 3.96. The first-order valence-electron chi connectivity index (χ1n) is 11.3. The summed E-state index contributed by atoms with van der Waals surface area (Å²) in [5.41, 5.74) is 1.68. The van der Waals surface area contributed by atoms with E-state index in [2.05, 4.69) is 10.2 Å². The lowest BCUT2D eigenvalue weighted by atomic mass is 10.2. The maximum atomic E-state index is 13.4. The zero-order valence-corrected chi connectivity index (χ0v) is 20.6. The Balaban J connectivity index is 1.62. The summed E-state index contributed by atoms with van der Waals surface area (Å²) in [6.07, 6.45) is 5.07.